The molecule has 0 aliphatic heterocycles. The molecule has 0 spiro atoms. The summed E-state index contributed by atoms with van der Waals surface area (Å²) in [6, 6.07) is 4.94. The molecule has 2 nitrogen and oxygen atoms in total. The molecule has 0 radical (unpaired) electrons. The summed E-state index contributed by atoms with van der Waals surface area (Å²) in [7, 11) is 0. The van der Waals surface area contributed by atoms with Crippen LogP contribution in [0.1, 0.15) is 28.8 Å². The zero-order chi connectivity index (χ0) is 20.4. The van der Waals surface area contributed by atoms with Gasteiger partial charge in [0.25, 0.3) is 0 Å². The van der Waals surface area contributed by atoms with Crippen molar-refractivity contribution in [3.05, 3.63) is 35.4 Å². The first-order valence-electron chi connectivity index (χ1n) is 6.66. The fraction of sp³-hybridized carbons (Fsp3) is 0.400. The van der Waals surface area contributed by atoms with E-state index in [1.165, 1.54) is 18.2 Å². The molecule has 1 N–H and O–H groups in total. The van der Waals surface area contributed by atoms with E-state index in [9.17, 15) is 44.3 Å². The summed E-state index contributed by atoms with van der Waals surface area (Å²) < 4.78 is 114. The maximum absolute atomic E-state index is 13.3. The Bertz CT molecular complexity index is 727. The lowest BCUT2D eigenvalue weighted by Gasteiger charge is -2.33. The van der Waals surface area contributed by atoms with E-state index in [1.807, 2.05) is 5.92 Å². The Hall–Kier alpha value is -2.38. The van der Waals surface area contributed by atoms with Crippen LogP contribution in [-0.2, 0) is 0 Å². The van der Waals surface area contributed by atoms with Crippen LogP contribution >= 0.6 is 0 Å². The first-order chi connectivity index (χ1) is 11.6. The lowest BCUT2D eigenvalue weighted by Crippen LogP contribution is -2.60. The average molecular weight is 392 g/mol. The van der Waals surface area contributed by atoms with Crippen molar-refractivity contribution in [1.29, 1.82) is 0 Å². The van der Waals surface area contributed by atoms with Crippen molar-refractivity contribution in [2.45, 2.75) is 36.8 Å². The number of carbonyl (C=O) groups is 1. The second-order valence-corrected chi connectivity index (χ2v) is 5.00. The number of alkyl halides is 9. The second-order valence-electron chi connectivity index (χ2n) is 5.00. The van der Waals surface area contributed by atoms with E-state index in [0.717, 1.165) is 6.07 Å². The maximum Gasteiger partial charge on any atom is 0.460 e. The molecule has 0 atom stereocenters. The van der Waals surface area contributed by atoms with Crippen LogP contribution in [0.2, 0.25) is 0 Å². The summed E-state index contributed by atoms with van der Waals surface area (Å²) in [6.07, 6.45) is -10.1. The molecular weight excluding hydrogens is 383 g/mol. The minimum Gasteiger partial charge on any atom is -0.478 e. The average Bonchev–Trinajstić information content (AvgIpc) is 2.50. The van der Waals surface area contributed by atoms with Gasteiger partial charge in [-0.25, -0.2) is 4.79 Å². The first kappa shape index (κ1) is 21.7. The van der Waals surface area contributed by atoms with Gasteiger partial charge in [0.15, 0.2) is 0 Å². The van der Waals surface area contributed by atoms with E-state index in [4.69, 9.17) is 5.11 Å². The predicted octanol–water partition coefficient (Wildman–Crippen LogP) is 4.98. The van der Waals surface area contributed by atoms with Crippen molar-refractivity contribution >= 4 is 5.97 Å². The van der Waals surface area contributed by atoms with E-state index in [-0.39, 0.29) is 11.1 Å². The number of benzene rings is 1. The van der Waals surface area contributed by atoms with Crippen LogP contribution in [0, 0.1) is 11.8 Å². The number of rotatable bonds is 5. The summed E-state index contributed by atoms with van der Waals surface area (Å²) in [5, 5.41) is 8.85. The topological polar surface area (TPSA) is 37.3 Å². The summed E-state index contributed by atoms with van der Waals surface area (Å²) in [5.74, 6) is -16.8. The molecule has 0 bridgehead atoms. The summed E-state index contributed by atoms with van der Waals surface area (Å²) in [5.41, 5.74) is -0.503. The molecule has 11 heteroatoms. The van der Waals surface area contributed by atoms with Crippen molar-refractivity contribution in [3.63, 3.8) is 0 Å². The number of hydrogen-bond donors (Lipinski definition) is 1. The van der Waals surface area contributed by atoms with Gasteiger partial charge in [0, 0.05) is 18.4 Å². The Morgan fingerprint density at radius 3 is 1.96 bits per heavy atom. The third-order valence-electron chi connectivity index (χ3n) is 3.15. The lowest BCUT2D eigenvalue weighted by atomic mass is 9.99. The van der Waals surface area contributed by atoms with Gasteiger partial charge in [0.05, 0.1) is 5.56 Å². The Kier molecular flexibility index (Phi) is 5.91. The van der Waals surface area contributed by atoms with Crippen molar-refractivity contribution in [2.75, 3.05) is 0 Å². The molecule has 1 aromatic rings. The highest BCUT2D eigenvalue weighted by Crippen LogP contribution is 2.54. The van der Waals surface area contributed by atoms with Gasteiger partial charge in [-0.2, -0.15) is 39.5 Å². The van der Waals surface area contributed by atoms with E-state index >= 15 is 0 Å². The third-order valence-corrected chi connectivity index (χ3v) is 3.15. The van der Waals surface area contributed by atoms with Crippen LogP contribution in [0.4, 0.5) is 39.5 Å². The molecule has 0 aromatic heterocycles. The predicted molar refractivity (Wildman–Crippen MR) is 70.4 cm³/mol. The number of carboxylic acid groups (broad SMARTS) is 1. The van der Waals surface area contributed by atoms with Gasteiger partial charge in [-0.05, 0) is 12.1 Å². The van der Waals surface area contributed by atoms with Crippen LogP contribution in [-0.4, -0.2) is 35.0 Å². The molecule has 1 aromatic carbocycles. The molecule has 0 unspecified atom stereocenters. The van der Waals surface area contributed by atoms with Crippen molar-refractivity contribution in [1.82, 2.24) is 0 Å². The van der Waals surface area contributed by atoms with E-state index in [2.05, 4.69) is 5.92 Å². The van der Waals surface area contributed by atoms with Gasteiger partial charge in [-0.1, -0.05) is 24.0 Å². The smallest absolute Gasteiger partial charge is 0.460 e. The zero-order valence-corrected chi connectivity index (χ0v) is 12.5. The molecule has 26 heavy (non-hydrogen) atoms. The Morgan fingerprint density at radius 2 is 1.46 bits per heavy atom. The summed E-state index contributed by atoms with van der Waals surface area (Å²) in [6.45, 7) is 0. The minimum absolute atomic E-state index is 0.171. The number of halogens is 9. The molecule has 1 rings (SSSR count). The molecule has 0 amide bonds. The highest BCUT2D eigenvalue weighted by molar-refractivity contribution is 5.90. The van der Waals surface area contributed by atoms with E-state index < -0.39 is 42.8 Å². The molecule has 144 valence electrons. The van der Waals surface area contributed by atoms with Gasteiger partial charge in [0.1, 0.15) is 0 Å². The quantitative estimate of drug-likeness (QED) is 0.567. The molecule has 0 fully saturated rings. The highest BCUT2D eigenvalue weighted by atomic mass is 19.4. The van der Waals surface area contributed by atoms with Gasteiger partial charge in [-0.15, -0.1) is 0 Å². The van der Waals surface area contributed by atoms with Gasteiger partial charge in [-0.3, -0.25) is 0 Å². The number of hydrogen-bond acceptors (Lipinski definition) is 1. The van der Waals surface area contributed by atoms with Gasteiger partial charge in [0.2, 0.25) is 0 Å². The second kappa shape index (κ2) is 7.09. The van der Waals surface area contributed by atoms with Gasteiger partial charge < -0.3 is 5.11 Å². The molecule has 0 aliphatic rings. The zero-order valence-electron chi connectivity index (χ0n) is 12.5. The summed E-state index contributed by atoms with van der Waals surface area (Å²) >= 11 is 0. The molecule has 0 saturated carbocycles. The molecule has 0 saturated heterocycles. The van der Waals surface area contributed by atoms with E-state index in [0.29, 0.717) is 0 Å². The SMILES string of the molecule is O=C(O)c1ccccc1C#CCCC(F)(F)C(F)(F)C(F)(F)C(F)(F)F. The standard InChI is InChI=1S/C15H9F9O2/c16-12(17,13(18,19)14(20,21)15(22,23)24)8-4-3-6-9-5-1-2-7-10(9)11(25)26/h1-2,5,7H,4,8H2,(H,25,26). The molecular formula is C15H9F9O2. The third kappa shape index (κ3) is 4.05. The monoisotopic (exact) mass is 392 g/mol. The largest absolute Gasteiger partial charge is 0.478 e. The maximum atomic E-state index is 13.3. The van der Waals surface area contributed by atoms with Crippen LogP contribution < -0.4 is 0 Å². The van der Waals surface area contributed by atoms with E-state index in [1.54, 1.807) is 0 Å². The summed E-state index contributed by atoms with van der Waals surface area (Å²) in [4.78, 5) is 10.9. The Morgan fingerprint density at radius 1 is 0.923 bits per heavy atom. The normalized spacial score (nSPS) is 13.1. The number of aromatic carboxylic acids is 1. The van der Waals surface area contributed by atoms with Crippen LogP contribution in [0.5, 0.6) is 0 Å². The molecule has 0 aliphatic carbocycles. The highest BCUT2D eigenvalue weighted by Gasteiger charge is 2.81. The van der Waals surface area contributed by atoms with Crippen molar-refractivity contribution in [3.8, 4) is 11.8 Å². The van der Waals surface area contributed by atoms with Crippen molar-refractivity contribution < 1.29 is 49.4 Å². The Balaban J connectivity index is 2.96. The molecule has 0 heterocycles. The fourth-order valence-corrected chi connectivity index (χ4v) is 1.72. The van der Waals surface area contributed by atoms with Gasteiger partial charge >= 0.3 is 29.9 Å². The first-order valence-corrected chi connectivity index (χ1v) is 6.66. The lowest BCUT2D eigenvalue weighted by molar-refractivity contribution is -0.396. The van der Waals surface area contributed by atoms with Crippen LogP contribution in [0.3, 0.4) is 0 Å². The van der Waals surface area contributed by atoms with Crippen LogP contribution in [0.15, 0.2) is 24.3 Å². The fourth-order valence-electron chi connectivity index (χ4n) is 1.72. The van der Waals surface area contributed by atoms with Crippen molar-refractivity contribution in [2.24, 2.45) is 0 Å². The number of carboxylic acids is 1. The van der Waals surface area contributed by atoms with Crippen LogP contribution in [0.25, 0.3) is 0 Å². The minimum atomic E-state index is -6.94. The Labute approximate surface area is 140 Å².